The Kier molecular flexibility index (Phi) is 5.11. The van der Waals surface area contributed by atoms with Gasteiger partial charge in [-0.05, 0) is 54.7 Å². The lowest BCUT2D eigenvalue weighted by molar-refractivity contribution is -0.144. The van der Waals surface area contributed by atoms with Crippen LogP contribution in [0.15, 0.2) is 52.1 Å². The number of oxazole rings is 1. The largest absolute Gasteiger partial charge is 0.455 e. The number of hydrogen-bond donors (Lipinski definition) is 1. The van der Waals surface area contributed by atoms with Crippen molar-refractivity contribution in [2.45, 2.75) is 24.5 Å². The average Bonchev–Trinajstić information content (AvgIpc) is 3.30. The SMILES string of the molecule is O=C(COC(=O)CSc1nc2ccccc2o1)Nc1ccc2c(c1)CCC2. The number of ether oxygens (including phenoxy) is 1. The highest BCUT2D eigenvalue weighted by Crippen LogP contribution is 2.25. The van der Waals surface area contributed by atoms with E-state index in [1.165, 1.54) is 11.1 Å². The quantitative estimate of drug-likeness (QED) is 0.518. The maximum absolute atomic E-state index is 12.0. The predicted molar refractivity (Wildman–Crippen MR) is 103 cm³/mol. The number of anilines is 1. The van der Waals surface area contributed by atoms with Gasteiger partial charge in [0.2, 0.25) is 0 Å². The van der Waals surface area contributed by atoms with Crippen molar-refractivity contribution in [3.05, 3.63) is 53.6 Å². The Hall–Kier alpha value is -2.80. The molecule has 0 atom stereocenters. The third kappa shape index (κ3) is 4.31. The first-order chi connectivity index (χ1) is 13.2. The van der Waals surface area contributed by atoms with Crippen LogP contribution in [0.4, 0.5) is 5.69 Å². The highest BCUT2D eigenvalue weighted by atomic mass is 32.2. The van der Waals surface area contributed by atoms with Crippen LogP contribution >= 0.6 is 11.8 Å². The topological polar surface area (TPSA) is 81.4 Å². The van der Waals surface area contributed by atoms with E-state index < -0.39 is 5.97 Å². The molecule has 0 bridgehead atoms. The molecule has 1 heterocycles. The summed E-state index contributed by atoms with van der Waals surface area (Å²) in [5, 5.41) is 3.16. The number of aryl methyl sites for hydroxylation is 2. The van der Waals surface area contributed by atoms with Crippen LogP contribution in [0.5, 0.6) is 0 Å². The summed E-state index contributed by atoms with van der Waals surface area (Å²) in [6.45, 7) is -0.315. The molecule has 4 rings (SSSR count). The van der Waals surface area contributed by atoms with Crippen molar-refractivity contribution in [2.24, 2.45) is 0 Å². The smallest absolute Gasteiger partial charge is 0.316 e. The van der Waals surface area contributed by atoms with Crippen molar-refractivity contribution >= 4 is 40.4 Å². The van der Waals surface area contributed by atoms with Crippen LogP contribution in [-0.4, -0.2) is 29.2 Å². The van der Waals surface area contributed by atoms with Gasteiger partial charge in [-0.1, -0.05) is 30.0 Å². The lowest BCUT2D eigenvalue weighted by Crippen LogP contribution is -2.21. The molecular formula is C20H18N2O4S. The van der Waals surface area contributed by atoms with Crippen LogP contribution in [0.3, 0.4) is 0 Å². The average molecular weight is 382 g/mol. The number of nitrogens with one attached hydrogen (secondary N) is 1. The van der Waals surface area contributed by atoms with Gasteiger partial charge >= 0.3 is 5.97 Å². The van der Waals surface area contributed by atoms with E-state index in [0.717, 1.165) is 42.2 Å². The molecule has 0 radical (unpaired) electrons. The van der Waals surface area contributed by atoms with E-state index in [-0.39, 0.29) is 18.3 Å². The van der Waals surface area contributed by atoms with E-state index in [2.05, 4.69) is 10.3 Å². The van der Waals surface area contributed by atoms with E-state index in [0.29, 0.717) is 10.8 Å². The van der Waals surface area contributed by atoms with Crippen molar-refractivity contribution in [1.29, 1.82) is 0 Å². The van der Waals surface area contributed by atoms with E-state index in [9.17, 15) is 9.59 Å². The lowest BCUT2D eigenvalue weighted by atomic mass is 10.1. The first kappa shape index (κ1) is 17.6. The summed E-state index contributed by atoms with van der Waals surface area (Å²) in [5.41, 5.74) is 4.76. The zero-order chi connectivity index (χ0) is 18.6. The van der Waals surface area contributed by atoms with Gasteiger partial charge in [0, 0.05) is 5.69 Å². The Labute approximate surface area is 160 Å². The van der Waals surface area contributed by atoms with E-state index in [1.54, 1.807) is 0 Å². The number of rotatable bonds is 6. The van der Waals surface area contributed by atoms with E-state index in [4.69, 9.17) is 9.15 Å². The van der Waals surface area contributed by atoms with Crippen LogP contribution in [0, 0.1) is 0 Å². The number of carbonyl (C=O) groups is 2. The molecule has 6 nitrogen and oxygen atoms in total. The van der Waals surface area contributed by atoms with Crippen LogP contribution in [0.25, 0.3) is 11.1 Å². The van der Waals surface area contributed by atoms with Crippen LogP contribution < -0.4 is 5.32 Å². The Morgan fingerprint density at radius 3 is 2.89 bits per heavy atom. The molecule has 1 amide bonds. The van der Waals surface area contributed by atoms with Crippen molar-refractivity contribution in [3.63, 3.8) is 0 Å². The number of para-hydroxylation sites is 2. The molecule has 0 spiro atoms. The number of aromatic nitrogens is 1. The summed E-state index contributed by atoms with van der Waals surface area (Å²) in [4.78, 5) is 28.1. The van der Waals surface area contributed by atoms with Gasteiger partial charge < -0.3 is 14.5 Å². The number of carbonyl (C=O) groups excluding carboxylic acids is 2. The van der Waals surface area contributed by atoms with Crippen molar-refractivity contribution in [1.82, 2.24) is 4.98 Å². The van der Waals surface area contributed by atoms with Gasteiger partial charge in [0.25, 0.3) is 11.1 Å². The first-order valence-electron chi connectivity index (χ1n) is 8.73. The van der Waals surface area contributed by atoms with Crippen LogP contribution in [0.2, 0.25) is 0 Å². The molecule has 2 aromatic carbocycles. The third-order valence-corrected chi connectivity index (χ3v) is 5.14. The minimum absolute atomic E-state index is 0.0267. The Bertz CT molecular complexity index is 966. The molecule has 1 N–H and O–H groups in total. The molecule has 1 aromatic heterocycles. The first-order valence-corrected chi connectivity index (χ1v) is 9.71. The molecule has 0 saturated carbocycles. The predicted octanol–water partition coefficient (Wildman–Crippen LogP) is 3.59. The molecule has 0 saturated heterocycles. The number of thioether (sulfide) groups is 1. The van der Waals surface area contributed by atoms with E-state index in [1.807, 2.05) is 42.5 Å². The standard InChI is InChI=1S/C20H18N2O4S/c23-18(21-15-9-8-13-4-3-5-14(13)10-15)11-25-19(24)12-27-20-22-16-6-1-2-7-17(16)26-20/h1-2,6-10H,3-5,11-12H2,(H,21,23). The summed E-state index contributed by atoms with van der Waals surface area (Å²) < 4.78 is 10.5. The summed E-state index contributed by atoms with van der Waals surface area (Å²) in [5.74, 6) is -0.821. The maximum atomic E-state index is 12.0. The molecule has 1 aliphatic rings. The highest BCUT2D eigenvalue weighted by molar-refractivity contribution is 7.99. The maximum Gasteiger partial charge on any atom is 0.316 e. The Morgan fingerprint density at radius 2 is 2.00 bits per heavy atom. The minimum atomic E-state index is -0.494. The van der Waals surface area contributed by atoms with Gasteiger partial charge in [-0.15, -0.1) is 0 Å². The van der Waals surface area contributed by atoms with Gasteiger partial charge in [0.1, 0.15) is 11.3 Å². The summed E-state index contributed by atoms with van der Waals surface area (Å²) in [6.07, 6.45) is 3.29. The Morgan fingerprint density at radius 1 is 1.15 bits per heavy atom. The Balaban J connectivity index is 1.23. The zero-order valence-electron chi connectivity index (χ0n) is 14.6. The summed E-state index contributed by atoms with van der Waals surface area (Å²) in [6, 6.07) is 13.3. The molecule has 0 unspecified atom stereocenters. The number of nitrogens with zero attached hydrogens (tertiary/aromatic N) is 1. The number of esters is 1. The van der Waals surface area contributed by atoms with E-state index >= 15 is 0 Å². The molecule has 27 heavy (non-hydrogen) atoms. The number of benzene rings is 2. The molecule has 0 aliphatic heterocycles. The molecule has 138 valence electrons. The fraction of sp³-hybridized carbons (Fsp3) is 0.250. The number of amides is 1. The summed E-state index contributed by atoms with van der Waals surface area (Å²) >= 11 is 1.14. The van der Waals surface area contributed by atoms with Crippen molar-refractivity contribution < 1.29 is 18.7 Å². The monoisotopic (exact) mass is 382 g/mol. The molecule has 7 heteroatoms. The molecular weight excluding hydrogens is 364 g/mol. The fourth-order valence-corrected chi connectivity index (χ4v) is 3.70. The van der Waals surface area contributed by atoms with Crippen LogP contribution in [-0.2, 0) is 27.2 Å². The number of hydrogen-bond acceptors (Lipinski definition) is 6. The normalized spacial score (nSPS) is 12.7. The lowest BCUT2D eigenvalue weighted by Gasteiger charge is -2.08. The minimum Gasteiger partial charge on any atom is -0.455 e. The fourth-order valence-electron chi connectivity index (χ4n) is 3.07. The summed E-state index contributed by atoms with van der Waals surface area (Å²) in [7, 11) is 0. The zero-order valence-corrected chi connectivity index (χ0v) is 15.4. The van der Waals surface area contributed by atoms with Crippen LogP contribution in [0.1, 0.15) is 17.5 Å². The molecule has 3 aromatic rings. The van der Waals surface area contributed by atoms with Gasteiger partial charge in [0.15, 0.2) is 12.2 Å². The molecule has 0 fully saturated rings. The van der Waals surface area contributed by atoms with Gasteiger partial charge in [-0.3, -0.25) is 9.59 Å². The second kappa shape index (κ2) is 7.84. The second-order valence-corrected chi connectivity index (χ2v) is 7.21. The van der Waals surface area contributed by atoms with Gasteiger partial charge in [0.05, 0.1) is 0 Å². The van der Waals surface area contributed by atoms with Gasteiger partial charge in [-0.2, -0.15) is 0 Å². The number of fused-ring (bicyclic) bond motifs is 2. The van der Waals surface area contributed by atoms with Crippen molar-refractivity contribution in [3.8, 4) is 0 Å². The van der Waals surface area contributed by atoms with Gasteiger partial charge in [-0.25, -0.2) is 4.98 Å². The highest BCUT2D eigenvalue weighted by Gasteiger charge is 2.14. The van der Waals surface area contributed by atoms with Crippen molar-refractivity contribution in [2.75, 3.05) is 17.7 Å². The third-order valence-electron chi connectivity index (χ3n) is 4.33. The second-order valence-electron chi connectivity index (χ2n) is 6.28. The molecule has 1 aliphatic carbocycles.